The quantitative estimate of drug-likeness (QED) is 0.862. The molecule has 0 spiro atoms. The van der Waals surface area contributed by atoms with E-state index in [0.29, 0.717) is 19.0 Å². The summed E-state index contributed by atoms with van der Waals surface area (Å²) in [6, 6.07) is 9.17. The number of anilines is 4. The normalized spacial score (nSPS) is 20.6. The zero-order valence-corrected chi connectivity index (χ0v) is 15.4. The number of benzene rings is 1. The standard InChI is InChI=1S/C20H26FN5O/c21-15-3-1-5-18(11-15)26-6-2-4-16(14-26)24-17-12-19(20(22)23-13-17)25-7-9-27-10-8-25/h1,3,5,11-13,16,24H,2,4,6-10,14H2,(H2,22,23)/t16-/m1/s1. The first-order valence-corrected chi connectivity index (χ1v) is 9.54. The van der Waals surface area contributed by atoms with E-state index in [1.165, 1.54) is 6.07 Å². The maximum atomic E-state index is 13.5. The second kappa shape index (κ2) is 8.00. The molecule has 0 unspecified atom stereocenters. The molecule has 2 aromatic rings. The Balaban J connectivity index is 1.45. The highest BCUT2D eigenvalue weighted by atomic mass is 19.1. The molecule has 7 heteroatoms. The van der Waals surface area contributed by atoms with Crippen LogP contribution in [0.15, 0.2) is 36.5 Å². The van der Waals surface area contributed by atoms with Gasteiger partial charge in [-0.05, 0) is 37.1 Å². The summed E-state index contributed by atoms with van der Waals surface area (Å²) in [5.41, 5.74) is 8.97. The number of ether oxygens (including phenoxy) is 1. The summed E-state index contributed by atoms with van der Waals surface area (Å²) < 4.78 is 19.0. The van der Waals surface area contributed by atoms with E-state index < -0.39 is 0 Å². The van der Waals surface area contributed by atoms with Crippen molar-refractivity contribution in [3.8, 4) is 0 Å². The highest BCUT2D eigenvalue weighted by molar-refractivity contribution is 5.69. The summed E-state index contributed by atoms with van der Waals surface area (Å²) in [6.07, 6.45) is 3.93. The van der Waals surface area contributed by atoms with E-state index in [2.05, 4.69) is 26.2 Å². The molecule has 0 radical (unpaired) electrons. The molecule has 1 aromatic heterocycles. The summed E-state index contributed by atoms with van der Waals surface area (Å²) >= 11 is 0. The minimum Gasteiger partial charge on any atom is -0.382 e. The number of morpholine rings is 1. The third kappa shape index (κ3) is 4.24. The number of nitrogens with two attached hydrogens (primary N) is 1. The molecule has 27 heavy (non-hydrogen) atoms. The summed E-state index contributed by atoms with van der Waals surface area (Å²) in [7, 11) is 0. The lowest BCUT2D eigenvalue weighted by Gasteiger charge is -2.35. The predicted octanol–water partition coefficient (Wildman–Crippen LogP) is 2.72. The molecule has 0 bridgehead atoms. The molecular formula is C20H26FN5O. The highest BCUT2D eigenvalue weighted by Crippen LogP contribution is 2.27. The van der Waals surface area contributed by atoms with Crippen molar-refractivity contribution < 1.29 is 9.13 Å². The third-order valence-electron chi connectivity index (χ3n) is 5.21. The minimum atomic E-state index is -0.194. The van der Waals surface area contributed by atoms with Gasteiger partial charge in [-0.15, -0.1) is 0 Å². The van der Waals surface area contributed by atoms with Gasteiger partial charge in [-0.2, -0.15) is 0 Å². The van der Waals surface area contributed by atoms with Crippen LogP contribution in [0.25, 0.3) is 0 Å². The fraction of sp³-hybridized carbons (Fsp3) is 0.450. The lowest BCUT2D eigenvalue weighted by molar-refractivity contribution is 0.123. The van der Waals surface area contributed by atoms with Gasteiger partial charge in [0, 0.05) is 37.9 Å². The number of hydrogen-bond acceptors (Lipinski definition) is 6. The molecule has 0 aliphatic carbocycles. The van der Waals surface area contributed by atoms with Crippen LogP contribution < -0.4 is 20.9 Å². The smallest absolute Gasteiger partial charge is 0.147 e. The Hall–Kier alpha value is -2.54. The molecule has 4 rings (SSSR count). The van der Waals surface area contributed by atoms with E-state index >= 15 is 0 Å². The summed E-state index contributed by atoms with van der Waals surface area (Å²) in [5.74, 6) is 0.355. The van der Waals surface area contributed by atoms with Crippen LogP contribution in [0.3, 0.4) is 0 Å². The number of halogens is 1. The Labute approximate surface area is 159 Å². The average Bonchev–Trinajstić information content (AvgIpc) is 2.70. The maximum absolute atomic E-state index is 13.5. The fourth-order valence-corrected chi connectivity index (χ4v) is 3.84. The van der Waals surface area contributed by atoms with Crippen LogP contribution in [0.4, 0.5) is 27.3 Å². The molecule has 2 aliphatic rings. The number of nitrogen functional groups attached to an aromatic ring is 1. The highest BCUT2D eigenvalue weighted by Gasteiger charge is 2.21. The van der Waals surface area contributed by atoms with Crippen molar-refractivity contribution in [2.24, 2.45) is 0 Å². The molecule has 1 atom stereocenters. The number of nitrogens with zero attached hydrogens (tertiary/aromatic N) is 3. The SMILES string of the molecule is Nc1ncc(N[C@@H]2CCCN(c3cccc(F)c3)C2)cc1N1CCOCC1. The van der Waals surface area contributed by atoms with Gasteiger partial charge in [-0.3, -0.25) is 0 Å². The average molecular weight is 371 g/mol. The monoisotopic (exact) mass is 371 g/mol. The maximum Gasteiger partial charge on any atom is 0.147 e. The van der Waals surface area contributed by atoms with Crippen molar-refractivity contribution in [2.75, 3.05) is 60.2 Å². The van der Waals surface area contributed by atoms with Crippen molar-refractivity contribution in [2.45, 2.75) is 18.9 Å². The number of pyridine rings is 1. The molecule has 3 heterocycles. The number of rotatable bonds is 4. The predicted molar refractivity (Wildman–Crippen MR) is 107 cm³/mol. The Morgan fingerprint density at radius 1 is 1.15 bits per heavy atom. The number of hydrogen-bond donors (Lipinski definition) is 2. The van der Waals surface area contributed by atoms with Gasteiger partial charge in [0.15, 0.2) is 0 Å². The van der Waals surface area contributed by atoms with Crippen LogP contribution in [0.2, 0.25) is 0 Å². The van der Waals surface area contributed by atoms with Crippen molar-refractivity contribution in [1.29, 1.82) is 0 Å². The van der Waals surface area contributed by atoms with Gasteiger partial charge in [-0.25, -0.2) is 9.37 Å². The van der Waals surface area contributed by atoms with E-state index in [0.717, 1.165) is 56.1 Å². The van der Waals surface area contributed by atoms with Crippen LogP contribution in [-0.2, 0) is 4.74 Å². The van der Waals surface area contributed by atoms with E-state index in [1.54, 1.807) is 18.3 Å². The summed E-state index contributed by atoms with van der Waals surface area (Å²) in [4.78, 5) is 8.83. The lowest BCUT2D eigenvalue weighted by atomic mass is 10.0. The Bertz CT molecular complexity index is 781. The van der Waals surface area contributed by atoms with Crippen LogP contribution in [0, 0.1) is 5.82 Å². The molecular weight excluding hydrogens is 345 g/mol. The zero-order valence-electron chi connectivity index (χ0n) is 15.4. The van der Waals surface area contributed by atoms with E-state index in [9.17, 15) is 4.39 Å². The van der Waals surface area contributed by atoms with Gasteiger partial charge in [0.25, 0.3) is 0 Å². The van der Waals surface area contributed by atoms with E-state index in [1.807, 2.05) is 6.07 Å². The largest absolute Gasteiger partial charge is 0.382 e. The minimum absolute atomic E-state index is 0.194. The number of piperidine rings is 1. The Kier molecular flexibility index (Phi) is 5.29. The van der Waals surface area contributed by atoms with Crippen molar-refractivity contribution in [3.05, 3.63) is 42.3 Å². The van der Waals surface area contributed by atoms with Crippen LogP contribution >= 0.6 is 0 Å². The molecule has 6 nitrogen and oxygen atoms in total. The molecule has 2 aliphatic heterocycles. The molecule has 144 valence electrons. The first kappa shape index (κ1) is 17.9. The Morgan fingerprint density at radius 2 is 2.00 bits per heavy atom. The number of nitrogens with one attached hydrogen (secondary N) is 1. The lowest BCUT2D eigenvalue weighted by Crippen LogP contribution is -2.42. The van der Waals surface area contributed by atoms with Crippen LogP contribution in [-0.4, -0.2) is 50.4 Å². The molecule has 0 amide bonds. The second-order valence-corrected chi connectivity index (χ2v) is 7.14. The van der Waals surface area contributed by atoms with Crippen LogP contribution in [0.5, 0.6) is 0 Å². The van der Waals surface area contributed by atoms with Gasteiger partial charge in [-0.1, -0.05) is 6.07 Å². The molecule has 0 saturated carbocycles. The van der Waals surface area contributed by atoms with Gasteiger partial charge >= 0.3 is 0 Å². The van der Waals surface area contributed by atoms with E-state index in [4.69, 9.17) is 10.5 Å². The summed E-state index contributed by atoms with van der Waals surface area (Å²) in [6.45, 7) is 4.85. The summed E-state index contributed by atoms with van der Waals surface area (Å²) in [5, 5.41) is 3.59. The second-order valence-electron chi connectivity index (χ2n) is 7.14. The van der Waals surface area contributed by atoms with Crippen molar-refractivity contribution in [3.63, 3.8) is 0 Å². The molecule has 2 fully saturated rings. The van der Waals surface area contributed by atoms with Gasteiger partial charge in [0.2, 0.25) is 0 Å². The van der Waals surface area contributed by atoms with Gasteiger partial charge in [0.05, 0.1) is 30.8 Å². The zero-order chi connectivity index (χ0) is 18.6. The van der Waals surface area contributed by atoms with E-state index in [-0.39, 0.29) is 11.9 Å². The number of aromatic nitrogens is 1. The fourth-order valence-electron chi connectivity index (χ4n) is 3.84. The van der Waals surface area contributed by atoms with Gasteiger partial charge < -0.3 is 25.6 Å². The van der Waals surface area contributed by atoms with Crippen molar-refractivity contribution >= 4 is 22.9 Å². The Morgan fingerprint density at radius 3 is 2.81 bits per heavy atom. The topological polar surface area (TPSA) is 66.7 Å². The first-order valence-electron chi connectivity index (χ1n) is 9.54. The third-order valence-corrected chi connectivity index (χ3v) is 5.21. The van der Waals surface area contributed by atoms with Crippen LogP contribution in [0.1, 0.15) is 12.8 Å². The van der Waals surface area contributed by atoms with Gasteiger partial charge in [0.1, 0.15) is 11.6 Å². The first-order chi connectivity index (χ1) is 13.2. The molecule has 3 N–H and O–H groups in total. The molecule has 2 saturated heterocycles. The van der Waals surface area contributed by atoms with Crippen molar-refractivity contribution in [1.82, 2.24) is 4.98 Å². The molecule has 1 aromatic carbocycles.